The van der Waals surface area contributed by atoms with Gasteiger partial charge in [0.25, 0.3) is 0 Å². The number of carbonyl (C=O) groups excluding carboxylic acids is 1. The van der Waals surface area contributed by atoms with Gasteiger partial charge < -0.3 is 9.88 Å². The Morgan fingerprint density at radius 3 is 2.67 bits per heavy atom. The number of anilines is 1. The van der Waals surface area contributed by atoms with Crippen LogP contribution in [0, 0.1) is 3.57 Å². The number of halogens is 2. The summed E-state index contributed by atoms with van der Waals surface area (Å²) in [6.07, 6.45) is 1.82. The Labute approximate surface area is 222 Å². The first-order valence-electron chi connectivity index (χ1n) is 10.4. The number of hydrogen-bond donors (Lipinski definition) is 1. The molecule has 0 radical (unpaired) electrons. The van der Waals surface area contributed by atoms with Gasteiger partial charge in [0.05, 0.1) is 11.5 Å². The van der Waals surface area contributed by atoms with Crippen LogP contribution in [0.1, 0.15) is 36.7 Å². The Balaban J connectivity index is 1.59. The molecule has 0 bridgehead atoms. The van der Waals surface area contributed by atoms with E-state index in [9.17, 15) is 4.79 Å². The molecule has 3 rings (SSSR count). The highest BCUT2D eigenvalue weighted by Gasteiger charge is 2.15. The van der Waals surface area contributed by atoms with Crippen molar-refractivity contribution in [2.45, 2.75) is 43.0 Å². The van der Waals surface area contributed by atoms with E-state index in [2.05, 4.69) is 64.6 Å². The summed E-state index contributed by atoms with van der Waals surface area (Å²) in [5.41, 5.74) is 3.21. The van der Waals surface area contributed by atoms with Gasteiger partial charge in [-0.2, -0.15) is 0 Å². The molecule has 1 heterocycles. The average molecular weight is 613 g/mol. The second-order valence-corrected chi connectivity index (χ2v) is 11.3. The Kier molecular flexibility index (Phi) is 10.2. The van der Waals surface area contributed by atoms with Crippen LogP contribution in [-0.2, 0) is 22.8 Å². The highest BCUT2D eigenvalue weighted by molar-refractivity contribution is 14.1. The molecule has 0 aliphatic heterocycles. The molecule has 5 nitrogen and oxygen atoms in total. The summed E-state index contributed by atoms with van der Waals surface area (Å²) in [5, 5.41) is 13.2. The van der Waals surface area contributed by atoms with Crippen LogP contribution in [-0.4, -0.2) is 26.4 Å². The van der Waals surface area contributed by atoms with E-state index < -0.39 is 0 Å². The molecule has 0 aliphatic rings. The van der Waals surface area contributed by atoms with Gasteiger partial charge in [-0.05, 0) is 70.0 Å². The summed E-state index contributed by atoms with van der Waals surface area (Å²) in [4.78, 5) is 12.6. The van der Waals surface area contributed by atoms with E-state index in [1.807, 2.05) is 47.0 Å². The summed E-state index contributed by atoms with van der Waals surface area (Å²) in [6.45, 7) is 8.70. The number of nitrogens with zero attached hydrogens (tertiary/aromatic N) is 3. The lowest BCUT2D eigenvalue weighted by atomic mass is 10.0. The summed E-state index contributed by atoms with van der Waals surface area (Å²) >= 11 is 11.4. The molecule has 174 valence electrons. The lowest BCUT2D eigenvalue weighted by Gasteiger charge is -2.14. The quantitative estimate of drug-likeness (QED) is 0.143. The maximum absolute atomic E-state index is 12.6. The third kappa shape index (κ3) is 7.77. The molecule has 1 amide bonds. The minimum atomic E-state index is -0.0603. The van der Waals surface area contributed by atoms with Crippen molar-refractivity contribution in [3.05, 3.63) is 80.7 Å². The number of hydrogen-bond acceptors (Lipinski definition) is 5. The predicted molar refractivity (Wildman–Crippen MR) is 149 cm³/mol. The van der Waals surface area contributed by atoms with Crippen molar-refractivity contribution in [1.82, 2.24) is 14.8 Å². The van der Waals surface area contributed by atoms with E-state index in [-0.39, 0.29) is 11.7 Å². The second kappa shape index (κ2) is 12.8. The van der Waals surface area contributed by atoms with Crippen molar-refractivity contribution >= 4 is 69.3 Å². The molecule has 0 saturated carbocycles. The molecule has 1 aromatic heterocycles. The maximum atomic E-state index is 12.6. The fraction of sp³-hybridized carbons (Fsp3) is 0.292. The monoisotopic (exact) mass is 612 g/mol. The molecule has 9 heteroatoms. The number of carbonyl (C=O) groups is 1. The van der Waals surface area contributed by atoms with Crippen molar-refractivity contribution in [2.75, 3.05) is 11.1 Å². The highest BCUT2D eigenvalue weighted by atomic mass is 127. The fourth-order valence-corrected chi connectivity index (χ4v) is 5.46. The van der Waals surface area contributed by atoms with Crippen molar-refractivity contribution in [3.63, 3.8) is 0 Å². The number of aromatic nitrogens is 3. The summed E-state index contributed by atoms with van der Waals surface area (Å²) < 4.78 is 3.17. The molecule has 0 atom stereocenters. The molecule has 0 spiro atoms. The minimum Gasteiger partial charge on any atom is -0.325 e. The third-order valence-corrected chi connectivity index (χ3v) is 7.65. The van der Waals surface area contributed by atoms with Gasteiger partial charge in [0.15, 0.2) is 5.16 Å². The van der Waals surface area contributed by atoms with Crippen LogP contribution in [0.5, 0.6) is 0 Å². The molecule has 0 aliphatic carbocycles. The predicted octanol–water partition coefficient (Wildman–Crippen LogP) is 7.01. The molecule has 1 N–H and O–H groups in total. The van der Waals surface area contributed by atoms with Gasteiger partial charge in [0.2, 0.25) is 5.91 Å². The largest absolute Gasteiger partial charge is 0.325 e. The van der Waals surface area contributed by atoms with Crippen LogP contribution in [0.2, 0.25) is 5.02 Å². The summed E-state index contributed by atoms with van der Waals surface area (Å²) in [7, 11) is 0. The zero-order valence-electron chi connectivity index (χ0n) is 18.6. The SMILES string of the molecule is C=CCn1c(CSCc2ccc(Cl)cc2)nnc1SCC(=O)Nc1ccc(I)cc1C(C)C. The minimum absolute atomic E-state index is 0.0603. The number of rotatable bonds is 11. The number of nitrogens with one attached hydrogen (secondary N) is 1. The first kappa shape index (κ1) is 26.1. The van der Waals surface area contributed by atoms with E-state index in [1.54, 1.807) is 11.8 Å². The van der Waals surface area contributed by atoms with E-state index >= 15 is 0 Å². The number of allylic oxidation sites excluding steroid dienone is 1. The van der Waals surface area contributed by atoms with Crippen molar-refractivity contribution < 1.29 is 4.79 Å². The van der Waals surface area contributed by atoms with Crippen LogP contribution in [0.15, 0.2) is 60.3 Å². The Morgan fingerprint density at radius 1 is 1.21 bits per heavy atom. The highest BCUT2D eigenvalue weighted by Crippen LogP contribution is 2.27. The fourth-order valence-electron chi connectivity index (χ4n) is 3.13. The Morgan fingerprint density at radius 2 is 1.97 bits per heavy atom. The molecular formula is C24H26ClIN4OS2. The normalized spacial score (nSPS) is 11.1. The zero-order chi connectivity index (χ0) is 23.8. The van der Waals surface area contributed by atoms with Crippen molar-refractivity contribution in [3.8, 4) is 0 Å². The molecule has 3 aromatic rings. The van der Waals surface area contributed by atoms with E-state index in [1.165, 1.54) is 17.3 Å². The molecule has 0 saturated heterocycles. The van der Waals surface area contributed by atoms with Crippen LogP contribution in [0.25, 0.3) is 0 Å². The smallest absolute Gasteiger partial charge is 0.234 e. The standard InChI is InChI=1S/C24H26ClIN4OS2/c1-4-11-30-22(14-32-13-17-5-7-18(25)8-6-17)28-29-24(30)33-15-23(31)27-21-10-9-19(26)12-20(21)16(2)3/h4-10,12,16H,1,11,13-15H2,2-3H3,(H,27,31). The number of benzene rings is 2. The van der Waals surface area contributed by atoms with Crippen molar-refractivity contribution in [2.24, 2.45) is 0 Å². The number of thioether (sulfide) groups is 2. The number of amides is 1. The molecule has 2 aromatic carbocycles. The third-order valence-electron chi connectivity index (χ3n) is 4.76. The Bertz CT molecular complexity index is 1100. The lowest BCUT2D eigenvalue weighted by molar-refractivity contribution is -0.113. The van der Waals surface area contributed by atoms with Crippen LogP contribution >= 0.6 is 57.7 Å². The summed E-state index contributed by atoms with van der Waals surface area (Å²) in [6, 6.07) is 13.9. The van der Waals surface area contributed by atoms with Crippen molar-refractivity contribution in [1.29, 1.82) is 0 Å². The van der Waals surface area contributed by atoms with Gasteiger partial charge in [-0.15, -0.1) is 28.5 Å². The molecule has 33 heavy (non-hydrogen) atoms. The van der Waals surface area contributed by atoms with Gasteiger partial charge in [0.1, 0.15) is 5.82 Å². The van der Waals surface area contributed by atoms with Crippen LogP contribution in [0.3, 0.4) is 0 Å². The topological polar surface area (TPSA) is 59.8 Å². The van der Waals surface area contributed by atoms with Crippen LogP contribution in [0.4, 0.5) is 5.69 Å². The maximum Gasteiger partial charge on any atom is 0.234 e. The van der Waals surface area contributed by atoms with Gasteiger partial charge in [-0.25, -0.2) is 0 Å². The van der Waals surface area contributed by atoms with Gasteiger partial charge >= 0.3 is 0 Å². The second-order valence-electron chi connectivity index (χ2n) is 7.64. The average Bonchev–Trinajstić information content (AvgIpc) is 3.16. The van der Waals surface area contributed by atoms with E-state index in [0.717, 1.165) is 42.3 Å². The Hall–Kier alpha value is -1.49. The van der Waals surface area contributed by atoms with Crippen LogP contribution < -0.4 is 5.32 Å². The lowest BCUT2D eigenvalue weighted by Crippen LogP contribution is -2.16. The van der Waals surface area contributed by atoms with E-state index in [0.29, 0.717) is 12.5 Å². The van der Waals surface area contributed by atoms with Gasteiger partial charge in [0, 0.05) is 26.6 Å². The molecule has 0 fully saturated rings. The van der Waals surface area contributed by atoms with E-state index in [4.69, 9.17) is 11.6 Å². The molecule has 0 unspecified atom stereocenters. The first-order valence-corrected chi connectivity index (χ1v) is 14.0. The first-order chi connectivity index (χ1) is 15.9. The summed E-state index contributed by atoms with van der Waals surface area (Å²) in [5.74, 6) is 2.97. The molecular weight excluding hydrogens is 587 g/mol. The zero-order valence-corrected chi connectivity index (χ0v) is 23.1. The van der Waals surface area contributed by atoms with Gasteiger partial charge in [-0.1, -0.05) is 55.4 Å². The van der Waals surface area contributed by atoms with Gasteiger partial charge in [-0.3, -0.25) is 4.79 Å².